The standard InChI is InChI=1S/C15H21F2NO3/c1-18(8-11-6-7-20-10-11)9-14(19)12-2-4-13(5-3-12)21-15(16)17/h2-5,11,14-15,19H,6-10H2,1H3. The molecule has 1 aliphatic rings. The minimum Gasteiger partial charge on any atom is -0.435 e. The summed E-state index contributed by atoms with van der Waals surface area (Å²) in [5.41, 5.74) is 0.686. The topological polar surface area (TPSA) is 41.9 Å². The normalized spacial score (nSPS) is 20.2. The van der Waals surface area contributed by atoms with Gasteiger partial charge in [0.1, 0.15) is 5.75 Å². The van der Waals surface area contributed by atoms with Gasteiger partial charge in [-0.05, 0) is 37.1 Å². The number of hydrogen-bond acceptors (Lipinski definition) is 4. The lowest BCUT2D eigenvalue weighted by atomic mass is 10.1. The maximum atomic E-state index is 12.1. The van der Waals surface area contributed by atoms with Crippen LogP contribution in [0.5, 0.6) is 5.75 Å². The van der Waals surface area contributed by atoms with Crippen molar-refractivity contribution in [3.05, 3.63) is 29.8 Å². The van der Waals surface area contributed by atoms with Gasteiger partial charge in [0, 0.05) is 19.7 Å². The number of hydrogen-bond donors (Lipinski definition) is 1. The van der Waals surface area contributed by atoms with E-state index in [0.29, 0.717) is 18.0 Å². The van der Waals surface area contributed by atoms with Crippen molar-refractivity contribution in [2.45, 2.75) is 19.1 Å². The Balaban J connectivity index is 1.82. The zero-order valence-electron chi connectivity index (χ0n) is 12.0. The van der Waals surface area contributed by atoms with E-state index < -0.39 is 12.7 Å². The van der Waals surface area contributed by atoms with Gasteiger partial charge in [-0.15, -0.1) is 0 Å². The molecule has 2 unspecified atom stereocenters. The second kappa shape index (κ2) is 7.68. The predicted molar refractivity (Wildman–Crippen MR) is 74.5 cm³/mol. The molecule has 1 fully saturated rings. The summed E-state index contributed by atoms with van der Waals surface area (Å²) in [7, 11) is 1.95. The fourth-order valence-corrected chi connectivity index (χ4v) is 2.51. The Morgan fingerprint density at radius 1 is 1.38 bits per heavy atom. The van der Waals surface area contributed by atoms with Crippen LogP contribution in [-0.4, -0.2) is 50.0 Å². The monoisotopic (exact) mass is 301 g/mol. The Bertz CT molecular complexity index is 421. The van der Waals surface area contributed by atoms with Crippen molar-refractivity contribution in [2.75, 3.05) is 33.4 Å². The van der Waals surface area contributed by atoms with E-state index in [1.165, 1.54) is 12.1 Å². The first kappa shape index (κ1) is 16.1. The summed E-state index contributed by atoms with van der Waals surface area (Å²) in [6, 6.07) is 6.09. The van der Waals surface area contributed by atoms with Crippen molar-refractivity contribution in [1.82, 2.24) is 4.90 Å². The molecule has 1 aliphatic heterocycles. The van der Waals surface area contributed by atoms with E-state index in [1.54, 1.807) is 12.1 Å². The van der Waals surface area contributed by atoms with Crippen molar-refractivity contribution < 1.29 is 23.4 Å². The van der Waals surface area contributed by atoms with Gasteiger partial charge in [0.25, 0.3) is 0 Å². The van der Waals surface area contributed by atoms with E-state index in [1.807, 2.05) is 7.05 Å². The van der Waals surface area contributed by atoms with Gasteiger partial charge in [0.15, 0.2) is 0 Å². The summed E-state index contributed by atoms with van der Waals surface area (Å²) in [6.45, 7) is 0.127. The van der Waals surface area contributed by atoms with Gasteiger partial charge in [-0.1, -0.05) is 12.1 Å². The van der Waals surface area contributed by atoms with Crippen molar-refractivity contribution in [3.63, 3.8) is 0 Å². The molecule has 6 heteroatoms. The molecule has 1 aromatic rings. The molecule has 2 atom stereocenters. The van der Waals surface area contributed by atoms with Gasteiger partial charge < -0.3 is 19.5 Å². The molecule has 0 spiro atoms. The molecular weight excluding hydrogens is 280 g/mol. The second-order valence-electron chi connectivity index (χ2n) is 5.41. The SMILES string of the molecule is CN(CC1CCOC1)CC(O)c1ccc(OC(F)F)cc1. The quantitative estimate of drug-likeness (QED) is 0.839. The van der Waals surface area contributed by atoms with Crippen LogP contribution in [0.1, 0.15) is 18.1 Å². The minimum atomic E-state index is -2.83. The average Bonchev–Trinajstić information content (AvgIpc) is 2.91. The van der Waals surface area contributed by atoms with Crippen LogP contribution in [0, 0.1) is 5.92 Å². The molecule has 118 valence electrons. The second-order valence-corrected chi connectivity index (χ2v) is 5.41. The van der Waals surface area contributed by atoms with E-state index in [4.69, 9.17) is 4.74 Å². The summed E-state index contributed by atoms with van der Waals surface area (Å²) in [5.74, 6) is 0.612. The van der Waals surface area contributed by atoms with Crippen molar-refractivity contribution >= 4 is 0 Å². The summed E-state index contributed by atoms with van der Waals surface area (Å²) in [6.07, 6.45) is 0.401. The fraction of sp³-hybridized carbons (Fsp3) is 0.600. The number of rotatable bonds is 7. The van der Waals surface area contributed by atoms with Crippen LogP contribution >= 0.6 is 0 Å². The van der Waals surface area contributed by atoms with Crippen LogP contribution in [-0.2, 0) is 4.74 Å². The molecule has 1 aromatic carbocycles. The lowest BCUT2D eigenvalue weighted by Crippen LogP contribution is -2.30. The van der Waals surface area contributed by atoms with Crippen molar-refractivity contribution in [2.24, 2.45) is 5.92 Å². The average molecular weight is 301 g/mol. The summed E-state index contributed by atoms with van der Waals surface area (Å²) in [4.78, 5) is 2.06. The maximum Gasteiger partial charge on any atom is 0.387 e. The van der Waals surface area contributed by atoms with Gasteiger partial charge in [-0.25, -0.2) is 0 Å². The first-order valence-electron chi connectivity index (χ1n) is 7.03. The molecule has 1 heterocycles. The third-order valence-corrected chi connectivity index (χ3v) is 3.57. The number of halogens is 2. The van der Waals surface area contributed by atoms with E-state index in [-0.39, 0.29) is 5.75 Å². The molecule has 0 amide bonds. The lowest BCUT2D eigenvalue weighted by Gasteiger charge is -2.23. The van der Waals surface area contributed by atoms with Crippen LogP contribution in [0.15, 0.2) is 24.3 Å². The Kier molecular flexibility index (Phi) is 5.90. The fourth-order valence-electron chi connectivity index (χ4n) is 2.51. The van der Waals surface area contributed by atoms with Crippen LogP contribution in [0.2, 0.25) is 0 Å². The summed E-state index contributed by atoms with van der Waals surface area (Å²) < 4.78 is 33.7. The first-order chi connectivity index (χ1) is 10.0. The predicted octanol–water partition coefficient (Wildman–Crippen LogP) is 2.29. The summed E-state index contributed by atoms with van der Waals surface area (Å²) in [5, 5.41) is 10.2. The highest BCUT2D eigenvalue weighted by molar-refractivity contribution is 5.28. The van der Waals surface area contributed by atoms with Crippen LogP contribution in [0.3, 0.4) is 0 Å². The smallest absolute Gasteiger partial charge is 0.387 e. The van der Waals surface area contributed by atoms with Crippen molar-refractivity contribution in [3.8, 4) is 5.75 Å². The number of benzene rings is 1. The third-order valence-electron chi connectivity index (χ3n) is 3.57. The zero-order valence-corrected chi connectivity index (χ0v) is 12.0. The van der Waals surface area contributed by atoms with Crippen LogP contribution < -0.4 is 4.74 Å². The van der Waals surface area contributed by atoms with Gasteiger partial charge in [-0.3, -0.25) is 0 Å². The number of aliphatic hydroxyl groups excluding tert-OH is 1. The highest BCUT2D eigenvalue weighted by Gasteiger charge is 2.19. The number of alkyl halides is 2. The molecular formula is C15H21F2NO3. The molecule has 0 bridgehead atoms. The molecule has 0 aromatic heterocycles. The molecule has 0 aliphatic carbocycles. The number of nitrogens with zero attached hydrogens (tertiary/aromatic N) is 1. The van der Waals surface area contributed by atoms with E-state index in [0.717, 1.165) is 26.2 Å². The van der Waals surface area contributed by atoms with Crippen LogP contribution in [0.25, 0.3) is 0 Å². The molecule has 2 rings (SSSR count). The van der Waals surface area contributed by atoms with Crippen LogP contribution in [0.4, 0.5) is 8.78 Å². The number of ether oxygens (including phenoxy) is 2. The van der Waals surface area contributed by atoms with Gasteiger partial charge in [0.05, 0.1) is 12.7 Å². The highest BCUT2D eigenvalue weighted by atomic mass is 19.3. The molecule has 1 saturated heterocycles. The molecule has 0 saturated carbocycles. The largest absolute Gasteiger partial charge is 0.435 e. The Morgan fingerprint density at radius 3 is 2.67 bits per heavy atom. The Hall–Kier alpha value is -1.24. The van der Waals surface area contributed by atoms with Crippen molar-refractivity contribution in [1.29, 1.82) is 0 Å². The van der Waals surface area contributed by atoms with E-state index in [9.17, 15) is 13.9 Å². The third kappa shape index (κ3) is 5.22. The minimum absolute atomic E-state index is 0.0948. The number of likely N-dealkylation sites (N-methyl/N-ethyl adjacent to an activating group) is 1. The van der Waals surface area contributed by atoms with Gasteiger partial charge in [0.2, 0.25) is 0 Å². The molecule has 0 radical (unpaired) electrons. The maximum absolute atomic E-state index is 12.1. The lowest BCUT2D eigenvalue weighted by molar-refractivity contribution is -0.0498. The molecule has 1 N–H and O–H groups in total. The molecule has 4 nitrogen and oxygen atoms in total. The Morgan fingerprint density at radius 2 is 2.10 bits per heavy atom. The van der Waals surface area contributed by atoms with E-state index in [2.05, 4.69) is 9.64 Å². The zero-order chi connectivity index (χ0) is 15.2. The summed E-state index contributed by atoms with van der Waals surface area (Å²) >= 11 is 0. The Labute approximate surface area is 123 Å². The van der Waals surface area contributed by atoms with E-state index >= 15 is 0 Å². The molecule has 21 heavy (non-hydrogen) atoms. The highest BCUT2D eigenvalue weighted by Crippen LogP contribution is 2.21. The van der Waals surface area contributed by atoms with Gasteiger partial charge in [-0.2, -0.15) is 8.78 Å². The number of aliphatic hydroxyl groups is 1. The van der Waals surface area contributed by atoms with Gasteiger partial charge >= 0.3 is 6.61 Å². The first-order valence-corrected chi connectivity index (χ1v) is 7.03.